The van der Waals surface area contributed by atoms with Crippen LogP contribution in [0.15, 0.2) is 18.2 Å². The number of hydrogen-bond acceptors (Lipinski definition) is 2. The van der Waals surface area contributed by atoms with Gasteiger partial charge in [-0.05, 0) is 36.8 Å². The van der Waals surface area contributed by atoms with E-state index in [9.17, 15) is 8.78 Å². The summed E-state index contributed by atoms with van der Waals surface area (Å²) in [6.07, 6.45) is 5.20. The highest BCUT2D eigenvalue weighted by Crippen LogP contribution is 2.34. The molecule has 1 atom stereocenters. The van der Waals surface area contributed by atoms with Gasteiger partial charge in [-0.3, -0.25) is 11.3 Å². The Morgan fingerprint density at radius 1 is 1.35 bits per heavy atom. The van der Waals surface area contributed by atoms with E-state index in [-0.39, 0.29) is 6.04 Å². The van der Waals surface area contributed by atoms with Crippen molar-refractivity contribution >= 4 is 0 Å². The largest absolute Gasteiger partial charge is 0.271 e. The summed E-state index contributed by atoms with van der Waals surface area (Å²) >= 11 is 0. The Hall–Kier alpha value is -1.00. The molecule has 1 fully saturated rings. The van der Waals surface area contributed by atoms with Gasteiger partial charge in [-0.1, -0.05) is 18.9 Å². The van der Waals surface area contributed by atoms with Gasteiger partial charge in [0.15, 0.2) is 0 Å². The molecule has 0 aliphatic heterocycles. The molecule has 1 aromatic rings. The van der Waals surface area contributed by atoms with Gasteiger partial charge >= 0.3 is 0 Å². The van der Waals surface area contributed by atoms with E-state index in [0.717, 1.165) is 24.8 Å². The second-order valence-corrected chi connectivity index (χ2v) is 4.82. The van der Waals surface area contributed by atoms with Crippen LogP contribution in [-0.4, -0.2) is 6.04 Å². The monoisotopic (exact) mass is 240 g/mol. The highest BCUT2D eigenvalue weighted by atomic mass is 19.1. The summed E-state index contributed by atoms with van der Waals surface area (Å²) in [6, 6.07) is 3.76. The van der Waals surface area contributed by atoms with Gasteiger partial charge in [-0.25, -0.2) is 8.78 Å². The van der Waals surface area contributed by atoms with Crippen LogP contribution in [0.5, 0.6) is 0 Å². The van der Waals surface area contributed by atoms with Crippen molar-refractivity contribution in [1.29, 1.82) is 0 Å². The van der Waals surface area contributed by atoms with E-state index in [0.29, 0.717) is 12.0 Å². The molecule has 1 aliphatic carbocycles. The van der Waals surface area contributed by atoms with Crippen molar-refractivity contribution < 1.29 is 8.78 Å². The Labute approximate surface area is 100 Å². The summed E-state index contributed by atoms with van der Waals surface area (Å²) in [7, 11) is 0. The number of hydrogen-bond donors (Lipinski definition) is 2. The van der Waals surface area contributed by atoms with Crippen LogP contribution < -0.4 is 11.3 Å². The molecule has 0 aromatic heterocycles. The van der Waals surface area contributed by atoms with Gasteiger partial charge < -0.3 is 0 Å². The van der Waals surface area contributed by atoms with Crippen molar-refractivity contribution in [2.75, 3.05) is 0 Å². The standard InChI is InChI=1S/C13H18F2N2/c14-11-5-4-10(13(15)8-11)7-12(17-16)6-3-9-1-2-9/h4-5,8-9,12,17H,1-3,6-7,16H2. The van der Waals surface area contributed by atoms with Gasteiger partial charge in [0.2, 0.25) is 0 Å². The SMILES string of the molecule is NNC(CCC1CC1)Cc1ccc(F)cc1F. The van der Waals surface area contributed by atoms with Crippen LogP contribution in [-0.2, 0) is 6.42 Å². The number of benzene rings is 1. The molecule has 0 spiro atoms. The third-order valence-electron chi connectivity index (χ3n) is 3.34. The van der Waals surface area contributed by atoms with Gasteiger partial charge in [0, 0.05) is 12.1 Å². The maximum atomic E-state index is 13.4. The summed E-state index contributed by atoms with van der Waals surface area (Å²) in [4.78, 5) is 0. The molecule has 1 aliphatic rings. The van der Waals surface area contributed by atoms with Gasteiger partial charge in [-0.15, -0.1) is 0 Å². The third-order valence-corrected chi connectivity index (χ3v) is 3.34. The molecule has 1 unspecified atom stereocenters. The Morgan fingerprint density at radius 3 is 2.71 bits per heavy atom. The summed E-state index contributed by atoms with van der Waals surface area (Å²) in [6.45, 7) is 0. The third kappa shape index (κ3) is 3.75. The van der Waals surface area contributed by atoms with E-state index in [2.05, 4.69) is 5.43 Å². The summed E-state index contributed by atoms with van der Waals surface area (Å²) in [5.41, 5.74) is 3.23. The van der Waals surface area contributed by atoms with E-state index < -0.39 is 11.6 Å². The molecular weight excluding hydrogens is 222 g/mol. The van der Waals surface area contributed by atoms with Crippen LogP contribution in [0.2, 0.25) is 0 Å². The average Bonchev–Trinajstić information content (AvgIpc) is 3.11. The summed E-state index contributed by atoms with van der Waals surface area (Å²) in [5, 5.41) is 0. The van der Waals surface area contributed by atoms with Gasteiger partial charge in [-0.2, -0.15) is 0 Å². The van der Waals surface area contributed by atoms with Crippen LogP contribution in [0.1, 0.15) is 31.2 Å². The molecule has 2 nitrogen and oxygen atoms in total. The lowest BCUT2D eigenvalue weighted by atomic mass is 10.0. The van der Waals surface area contributed by atoms with Gasteiger partial charge in [0.1, 0.15) is 11.6 Å². The Morgan fingerprint density at radius 2 is 2.12 bits per heavy atom. The Balaban J connectivity index is 1.91. The van der Waals surface area contributed by atoms with Crippen molar-refractivity contribution in [1.82, 2.24) is 5.43 Å². The van der Waals surface area contributed by atoms with E-state index in [1.807, 2.05) is 0 Å². The minimum absolute atomic E-state index is 0.0653. The minimum atomic E-state index is -0.540. The molecule has 2 rings (SSSR count). The topological polar surface area (TPSA) is 38.0 Å². The minimum Gasteiger partial charge on any atom is -0.271 e. The highest BCUT2D eigenvalue weighted by Gasteiger charge is 2.22. The molecule has 1 saturated carbocycles. The van der Waals surface area contributed by atoms with Crippen LogP contribution in [0.3, 0.4) is 0 Å². The van der Waals surface area contributed by atoms with Crippen LogP contribution in [0.25, 0.3) is 0 Å². The normalized spacial score (nSPS) is 17.1. The zero-order valence-corrected chi connectivity index (χ0v) is 9.76. The first kappa shape index (κ1) is 12.5. The van der Waals surface area contributed by atoms with Crippen LogP contribution in [0.4, 0.5) is 8.78 Å². The average molecular weight is 240 g/mol. The van der Waals surface area contributed by atoms with Gasteiger partial charge in [0.05, 0.1) is 0 Å². The zero-order chi connectivity index (χ0) is 12.3. The number of nitrogens with two attached hydrogens (primary N) is 1. The fraction of sp³-hybridized carbons (Fsp3) is 0.538. The number of halogens is 2. The lowest BCUT2D eigenvalue weighted by molar-refractivity contribution is 0.453. The molecule has 17 heavy (non-hydrogen) atoms. The molecule has 4 heteroatoms. The van der Waals surface area contributed by atoms with Crippen molar-refractivity contribution in [2.24, 2.45) is 11.8 Å². The predicted octanol–water partition coefficient (Wildman–Crippen LogP) is 2.53. The lowest BCUT2D eigenvalue weighted by Gasteiger charge is -2.16. The smallest absolute Gasteiger partial charge is 0.129 e. The first-order valence-electron chi connectivity index (χ1n) is 6.09. The summed E-state index contributed by atoms with van der Waals surface area (Å²) < 4.78 is 26.2. The maximum absolute atomic E-state index is 13.4. The Kier molecular flexibility index (Phi) is 4.07. The van der Waals surface area contributed by atoms with Crippen molar-refractivity contribution in [3.63, 3.8) is 0 Å². The lowest BCUT2D eigenvalue weighted by Crippen LogP contribution is -2.37. The highest BCUT2D eigenvalue weighted by molar-refractivity contribution is 5.19. The van der Waals surface area contributed by atoms with Gasteiger partial charge in [0.25, 0.3) is 0 Å². The molecule has 94 valence electrons. The second-order valence-electron chi connectivity index (χ2n) is 4.82. The molecule has 0 saturated heterocycles. The molecule has 0 heterocycles. The quantitative estimate of drug-likeness (QED) is 0.592. The van der Waals surface area contributed by atoms with E-state index in [1.54, 1.807) is 0 Å². The molecule has 0 radical (unpaired) electrons. The molecule has 0 amide bonds. The number of rotatable bonds is 6. The van der Waals surface area contributed by atoms with E-state index in [4.69, 9.17) is 5.84 Å². The fourth-order valence-electron chi connectivity index (χ4n) is 2.04. The molecule has 0 bridgehead atoms. The molecular formula is C13H18F2N2. The summed E-state index contributed by atoms with van der Waals surface area (Å²) in [5.74, 6) is 5.27. The van der Waals surface area contributed by atoms with Crippen molar-refractivity contribution in [2.45, 2.75) is 38.1 Å². The number of hydrazine groups is 1. The van der Waals surface area contributed by atoms with Crippen LogP contribution in [0, 0.1) is 17.6 Å². The maximum Gasteiger partial charge on any atom is 0.129 e. The first-order valence-corrected chi connectivity index (χ1v) is 6.09. The zero-order valence-electron chi connectivity index (χ0n) is 9.76. The van der Waals surface area contributed by atoms with Crippen molar-refractivity contribution in [3.05, 3.63) is 35.4 Å². The number of nitrogens with one attached hydrogen (secondary N) is 1. The van der Waals surface area contributed by atoms with E-state index in [1.165, 1.54) is 25.0 Å². The second kappa shape index (κ2) is 5.56. The Bertz CT molecular complexity index is 378. The first-order chi connectivity index (χ1) is 8.19. The molecule has 3 N–H and O–H groups in total. The van der Waals surface area contributed by atoms with E-state index >= 15 is 0 Å². The fourth-order valence-corrected chi connectivity index (χ4v) is 2.04. The van der Waals surface area contributed by atoms with Crippen molar-refractivity contribution in [3.8, 4) is 0 Å². The molecule has 1 aromatic carbocycles. The van der Waals surface area contributed by atoms with Crippen LogP contribution >= 0.6 is 0 Å². The predicted molar refractivity (Wildman–Crippen MR) is 63.1 cm³/mol.